The maximum Gasteiger partial charge on any atom is 0.252 e. The normalized spacial score (nSPS) is 17.9. The fourth-order valence-electron chi connectivity index (χ4n) is 4.53. The summed E-state index contributed by atoms with van der Waals surface area (Å²) in [5, 5.41) is 3.36. The Morgan fingerprint density at radius 1 is 1.13 bits per heavy atom. The monoisotopic (exact) mass is 406 g/mol. The van der Waals surface area contributed by atoms with Crippen molar-refractivity contribution in [3.8, 4) is 5.75 Å². The molecule has 0 aliphatic heterocycles. The van der Waals surface area contributed by atoms with E-state index in [4.69, 9.17) is 4.74 Å². The molecule has 1 N–H and O–H groups in total. The van der Waals surface area contributed by atoms with Gasteiger partial charge in [-0.05, 0) is 81.4 Å². The number of benzene rings is 2. The molecule has 0 atom stereocenters. The molecular weight excluding hydrogens is 372 g/mol. The molecule has 2 aliphatic carbocycles. The van der Waals surface area contributed by atoms with Gasteiger partial charge in [0.2, 0.25) is 0 Å². The zero-order valence-electron chi connectivity index (χ0n) is 18.5. The highest BCUT2D eigenvalue weighted by Gasteiger charge is 2.46. The minimum absolute atomic E-state index is 0.00525. The van der Waals surface area contributed by atoms with Gasteiger partial charge in [-0.1, -0.05) is 43.2 Å². The number of nitrogens with zero attached hydrogens (tertiary/aromatic N) is 1. The molecule has 4 rings (SSSR count). The van der Waals surface area contributed by atoms with E-state index < -0.39 is 0 Å². The molecule has 4 heteroatoms. The number of rotatable bonds is 8. The fraction of sp³-hybridized carbons (Fsp3) is 0.500. The lowest BCUT2D eigenvalue weighted by molar-refractivity contribution is 0.0929. The summed E-state index contributed by atoms with van der Waals surface area (Å²) in [7, 11) is 4.04. The van der Waals surface area contributed by atoms with Crippen LogP contribution in [0.5, 0.6) is 5.75 Å². The third kappa shape index (κ3) is 4.70. The largest absolute Gasteiger partial charge is 0.492 e. The van der Waals surface area contributed by atoms with E-state index in [0.29, 0.717) is 18.1 Å². The van der Waals surface area contributed by atoms with E-state index >= 15 is 0 Å². The molecule has 2 aliphatic rings. The molecule has 1 amide bonds. The van der Waals surface area contributed by atoms with Gasteiger partial charge in [0.15, 0.2) is 0 Å². The zero-order chi connectivity index (χ0) is 21.1. The standard InChI is InChI=1S/C26H34N2O2/c1-19-11-12-23(30-16-15-28(2)3)18-24(19)25(29)27-26(13-14-26)22-10-6-9-21(17-22)20-7-4-5-8-20/h6,9-12,17-18,20H,4-5,7-8,13-16H2,1-3H3,(H,27,29). The zero-order valence-corrected chi connectivity index (χ0v) is 18.5. The van der Waals surface area contributed by atoms with Gasteiger partial charge in [-0.3, -0.25) is 4.79 Å². The van der Waals surface area contributed by atoms with Crippen molar-refractivity contribution in [2.45, 2.75) is 56.9 Å². The molecular formula is C26H34N2O2. The van der Waals surface area contributed by atoms with Gasteiger partial charge in [0.1, 0.15) is 12.4 Å². The van der Waals surface area contributed by atoms with E-state index in [0.717, 1.165) is 30.7 Å². The smallest absolute Gasteiger partial charge is 0.252 e. The number of carbonyl (C=O) groups is 1. The molecule has 2 saturated carbocycles. The molecule has 0 spiro atoms. The molecule has 0 heterocycles. The van der Waals surface area contributed by atoms with Crippen molar-refractivity contribution in [1.29, 1.82) is 0 Å². The van der Waals surface area contributed by atoms with Crippen molar-refractivity contribution in [3.63, 3.8) is 0 Å². The van der Waals surface area contributed by atoms with Gasteiger partial charge >= 0.3 is 0 Å². The number of hydrogen-bond acceptors (Lipinski definition) is 3. The third-order valence-corrected chi connectivity index (χ3v) is 6.63. The molecule has 0 unspecified atom stereocenters. The number of aryl methyl sites for hydroxylation is 1. The fourth-order valence-corrected chi connectivity index (χ4v) is 4.53. The summed E-state index contributed by atoms with van der Waals surface area (Å²) in [6, 6.07) is 14.7. The van der Waals surface area contributed by atoms with Gasteiger partial charge in [-0.15, -0.1) is 0 Å². The molecule has 2 fully saturated rings. The summed E-state index contributed by atoms with van der Waals surface area (Å²) in [5.41, 5.74) is 4.17. The molecule has 160 valence electrons. The van der Waals surface area contributed by atoms with Gasteiger partial charge in [-0.25, -0.2) is 0 Å². The topological polar surface area (TPSA) is 41.6 Å². The van der Waals surface area contributed by atoms with Crippen LogP contribution in [-0.4, -0.2) is 38.1 Å². The van der Waals surface area contributed by atoms with Crippen molar-refractivity contribution < 1.29 is 9.53 Å². The van der Waals surface area contributed by atoms with Crippen LogP contribution in [0.25, 0.3) is 0 Å². The third-order valence-electron chi connectivity index (χ3n) is 6.63. The highest BCUT2D eigenvalue weighted by Crippen LogP contribution is 2.47. The van der Waals surface area contributed by atoms with E-state index in [1.165, 1.54) is 36.8 Å². The maximum atomic E-state index is 13.2. The highest BCUT2D eigenvalue weighted by molar-refractivity contribution is 5.96. The van der Waals surface area contributed by atoms with Crippen molar-refractivity contribution >= 4 is 5.91 Å². The van der Waals surface area contributed by atoms with Crippen LogP contribution in [-0.2, 0) is 5.54 Å². The molecule has 2 aromatic rings. The average molecular weight is 407 g/mol. The minimum Gasteiger partial charge on any atom is -0.492 e. The van der Waals surface area contributed by atoms with Gasteiger partial charge in [-0.2, -0.15) is 0 Å². The summed E-state index contributed by atoms with van der Waals surface area (Å²) >= 11 is 0. The van der Waals surface area contributed by atoms with Crippen LogP contribution in [0, 0.1) is 6.92 Å². The summed E-state index contributed by atoms with van der Waals surface area (Å²) in [5.74, 6) is 1.43. The predicted molar refractivity (Wildman–Crippen MR) is 121 cm³/mol. The van der Waals surface area contributed by atoms with Crippen LogP contribution in [0.2, 0.25) is 0 Å². The van der Waals surface area contributed by atoms with Crippen molar-refractivity contribution in [3.05, 3.63) is 64.7 Å². The summed E-state index contributed by atoms with van der Waals surface area (Å²) < 4.78 is 5.84. The van der Waals surface area contributed by atoms with Gasteiger partial charge in [0.25, 0.3) is 5.91 Å². The SMILES string of the molecule is Cc1ccc(OCCN(C)C)cc1C(=O)NC1(c2cccc(C3CCCC3)c2)CC1. The van der Waals surface area contributed by atoms with Crippen LogP contribution in [0.15, 0.2) is 42.5 Å². The predicted octanol–water partition coefficient (Wildman–Crippen LogP) is 5.01. The number of likely N-dealkylation sites (N-methyl/N-ethyl adjacent to an activating group) is 1. The summed E-state index contributed by atoms with van der Waals surface area (Å²) in [4.78, 5) is 15.3. The first kappa shape index (κ1) is 20.9. The highest BCUT2D eigenvalue weighted by atomic mass is 16.5. The molecule has 0 aromatic heterocycles. The Bertz CT molecular complexity index is 896. The first-order valence-corrected chi connectivity index (χ1v) is 11.3. The number of carbonyl (C=O) groups excluding carboxylic acids is 1. The lowest BCUT2D eigenvalue weighted by Crippen LogP contribution is -2.35. The quantitative estimate of drug-likeness (QED) is 0.670. The lowest BCUT2D eigenvalue weighted by Gasteiger charge is -2.21. The van der Waals surface area contributed by atoms with Crippen molar-refractivity contribution in [2.75, 3.05) is 27.2 Å². The van der Waals surface area contributed by atoms with Gasteiger partial charge < -0.3 is 15.0 Å². The number of nitrogens with one attached hydrogen (secondary N) is 1. The Balaban J connectivity index is 1.48. The molecule has 4 nitrogen and oxygen atoms in total. The van der Waals surface area contributed by atoms with Gasteiger partial charge in [0, 0.05) is 12.1 Å². The van der Waals surface area contributed by atoms with E-state index in [1.54, 1.807) is 0 Å². The molecule has 0 saturated heterocycles. The number of ether oxygens (including phenoxy) is 1. The van der Waals surface area contributed by atoms with E-state index in [-0.39, 0.29) is 11.4 Å². The van der Waals surface area contributed by atoms with Crippen LogP contribution in [0.1, 0.15) is 71.5 Å². The first-order chi connectivity index (χ1) is 14.5. The molecule has 2 aromatic carbocycles. The lowest BCUT2D eigenvalue weighted by atomic mass is 9.93. The second kappa shape index (κ2) is 8.81. The minimum atomic E-state index is -0.208. The van der Waals surface area contributed by atoms with E-state index in [2.05, 4.69) is 34.5 Å². The van der Waals surface area contributed by atoms with Crippen LogP contribution in [0.4, 0.5) is 0 Å². The Kier molecular flexibility index (Phi) is 6.14. The van der Waals surface area contributed by atoms with E-state index in [1.807, 2.05) is 39.2 Å². The first-order valence-electron chi connectivity index (χ1n) is 11.3. The van der Waals surface area contributed by atoms with E-state index in [9.17, 15) is 4.79 Å². The summed E-state index contributed by atoms with van der Waals surface area (Å²) in [6.07, 6.45) is 7.27. The number of amides is 1. The Morgan fingerprint density at radius 2 is 1.90 bits per heavy atom. The Labute approximate surface area is 180 Å². The molecule has 0 radical (unpaired) electrons. The molecule has 30 heavy (non-hydrogen) atoms. The number of hydrogen-bond donors (Lipinski definition) is 1. The Hall–Kier alpha value is -2.33. The Morgan fingerprint density at radius 3 is 2.60 bits per heavy atom. The van der Waals surface area contributed by atoms with Crippen molar-refractivity contribution in [2.24, 2.45) is 0 Å². The second-order valence-corrected chi connectivity index (χ2v) is 9.27. The van der Waals surface area contributed by atoms with Crippen LogP contribution in [0.3, 0.4) is 0 Å². The molecule has 0 bridgehead atoms. The average Bonchev–Trinajstić information content (AvgIpc) is 3.30. The van der Waals surface area contributed by atoms with Crippen molar-refractivity contribution in [1.82, 2.24) is 10.2 Å². The van der Waals surface area contributed by atoms with Crippen LogP contribution < -0.4 is 10.1 Å². The summed E-state index contributed by atoms with van der Waals surface area (Å²) in [6.45, 7) is 3.43. The van der Waals surface area contributed by atoms with Gasteiger partial charge in [0.05, 0.1) is 5.54 Å². The second-order valence-electron chi connectivity index (χ2n) is 9.27. The van der Waals surface area contributed by atoms with Crippen LogP contribution >= 0.6 is 0 Å². The maximum absolute atomic E-state index is 13.2.